The molecule has 0 saturated carbocycles. The lowest BCUT2D eigenvalue weighted by Gasteiger charge is -2.47. The highest BCUT2D eigenvalue weighted by atomic mass is 19.1. The van der Waals surface area contributed by atoms with Crippen LogP contribution in [-0.2, 0) is 16.0 Å². The monoisotopic (exact) mass is 396 g/mol. The highest BCUT2D eigenvalue weighted by molar-refractivity contribution is 5.95. The van der Waals surface area contributed by atoms with Crippen LogP contribution in [0.3, 0.4) is 0 Å². The van der Waals surface area contributed by atoms with E-state index >= 15 is 0 Å². The van der Waals surface area contributed by atoms with Gasteiger partial charge >= 0.3 is 0 Å². The molecule has 6 heteroatoms. The molecule has 0 aliphatic carbocycles. The van der Waals surface area contributed by atoms with Gasteiger partial charge in [-0.1, -0.05) is 19.1 Å². The van der Waals surface area contributed by atoms with Gasteiger partial charge in [-0.15, -0.1) is 0 Å². The number of piperidine rings is 1. The standard InChI is InChI=1S/C23H25FN2O3/c1-2-17-3-5-18(6-4-17)22(28)25-13-11-23(12-14-25)16-26(21(27)15-29-23)20-9-7-19(24)8-10-20/h3-10H,2,11-16H2,1H3. The Balaban J connectivity index is 1.42. The largest absolute Gasteiger partial charge is 0.363 e. The maximum absolute atomic E-state index is 13.2. The molecular formula is C23H25FN2O3. The van der Waals surface area contributed by atoms with Crippen molar-refractivity contribution in [3.8, 4) is 0 Å². The van der Waals surface area contributed by atoms with Crippen LogP contribution >= 0.6 is 0 Å². The van der Waals surface area contributed by atoms with Crippen LogP contribution in [0.25, 0.3) is 0 Å². The molecule has 2 aliphatic rings. The number of morpholine rings is 1. The number of likely N-dealkylation sites (tertiary alicyclic amines) is 1. The number of halogens is 1. The smallest absolute Gasteiger partial charge is 0.253 e. The van der Waals surface area contributed by atoms with Gasteiger partial charge in [0.1, 0.15) is 12.4 Å². The number of aryl methyl sites for hydroxylation is 1. The van der Waals surface area contributed by atoms with Gasteiger partial charge in [-0.2, -0.15) is 0 Å². The average molecular weight is 396 g/mol. The van der Waals surface area contributed by atoms with E-state index in [4.69, 9.17) is 4.74 Å². The summed E-state index contributed by atoms with van der Waals surface area (Å²) in [7, 11) is 0. The predicted molar refractivity (Wildman–Crippen MR) is 108 cm³/mol. The lowest BCUT2D eigenvalue weighted by atomic mass is 9.88. The van der Waals surface area contributed by atoms with Crippen LogP contribution in [0.2, 0.25) is 0 Å². The van der Waals surface area contributed by atoms with Crippen LogP contribution < -0.4 is 4.90 Å². The molecule has 2 fully saturated rings. The molecule has 2 aromatic rings. The Morgan fingerprint density at radius 3 is 2.34 bits per heavy atom. The van der Waals surface area contributed by atoms with Crippen molar-refractivity contribution in [3.63, 3.8) is 0 Å². The van der Waals surface area contributed by atoms with Crippen molar-refractivity contribution < 1.29 is 18.7 Å². The molecule has 152 valence electrons. The normalized spacial score (nSPS) is 18.9. The van der Waals surface area contributed by atoms with Gasteiger partial charge in [0.15, 0.2) is 0 Å². The van der Waals surface area contributed by atoms with Gasteiger partial charge in [-0.3, -0.25) is 9.59 Å². The van der Waals surface area contributed by atoms with Crippen molar-refractivity contribution in [2.45, 2.75) is 31.8 Å². The van der Waals surface area contributed by atoms with Crippen LogP contribution in [0.15, 0.2) is 48.5 Å². The first-order valence-corrected chi connectivity index (χ1v) is 10.1. The summed E-state index contributed by atoms with van der Waals surface area (Å²) in [5.74, 6) is -0.426. The number of ether oxygens (including phenoxy) is 1. The molecule has 2 heterocycles. The Labute approximate surface area is 170 Å². The Morgan fingerprint density at radius 1 is 1.07 bits per heavy atom. The highest BCUT2D eigenvalue weighted by Gasteiger charge is 2.43. The van der Waals surface area contributed by atoms with E-state index in [1.165, 1.54) is 17.7 Å². The van der Waals surface area contributed by atoms with Gasteiger partial charge in [0.05, 0.1) is 12.1 Å². The lowest BCUT2D eigenvalue weighted by molar-refractivity contribution is -0.143. The van der Waals surface area contributed by atoms with E-state index in [0.717, 1.165) is 6.42 Å². The third-order valence-electron chi connectivity index (χ3n) is 5.96. The fourth-order valence-electron chi connectivity index (χ4n) is 4.06. The summed E-state index contributed by atoms with van der Waals surface area (Å²) in [6.07, 6.45) is 2.27. The molecule has 5 nitrogen and oxygen atoms in total. The van der Waals surface area contributed by atoms with Crippen LogP contribution in [0.1, 0.15) is 35.7 Å². The van der Waals surface area contributed by atoms with Crippen molar-refractivity contribution in [1.29, 1.82) is 0 Å². The first-order chi connectivity index (χ1) is 14.0. The maximum atomic E-state index is 13.2. The molecule has 2 aliphatic heterocycles. The number of nitrogens with zero attached hydrogens (tertiary/aromatic N) is 2. The zero-order valence-electron chi connectivity index (χ0n) is 16.6. The van der Waals surface area contributed by atoms with Crippen LogP contribution in [0, 0.1) is 5.82 Å². The zero-order chi connectivity index (χ0) is 20.4. The fourth-order valence-corrected chi connectivity index (χ4v) is 4.06. The molecule has 29 heavy (non-hydrogen) atoms. The van der Waals surface area contributed by atoms with E-state index in [1.807, 2.05) is 29.2 Å². The summed E-state index contributed by atoms with van der Waals surface area (Å²) in [6, 6.07) is 13.7. The van der Waals surface area contributed by atoms with Gasteiger partial charge in [0, 0.05) is 24.3 Å². The third kappa shape index (κ3) is 4.03. The average Bonchev–Trinajstić information content (AvgIpc) is 2.76. The lowest BCUT2D eigenvalue weighted by Crippen LogP contribution is -2.59. The van der Waals surface area contributed by atoms with Crippen molar-refractivity contribution >= 4 is 17.5 Å². The van der Waals surface area contributed by atoms with E-state index in [-0.39, 0.29) is 24.2 Å². The number of carbonyl (C=O) groups excluding carboxylic acids is 2. The summed E-state index contributed by atoms with van der Waals surface area (Å²) in [5.41, 5.74) is 2.12. The topological polar surface area (TPSA) is 49.9 Å². The Hall–Kier alpha value is -2.73. The summed E-state index contributed by atoms with van der Waals surface area (Å²) >= 11 is 0. The fraction of sp³-hybridized carbons (Fsp3) is 0.391. The SMILES string of the molecule is CCc1ccc(C(=O)N2CCC3(CC2)CN(c2ccc(F)cc2)C(=O)CO3)cc1. The van der Waals surface area contributed by atoms with Gasteiger partial charge in [-0.25, -0.2) is 4.39 Å². The van der Waals surface area contributed by atoms with E-state index in [9.17, 15) is 14.0 Å². The first-order valence-electron chi connectivity index (χ1n) is 10.1. The quantitative estimate of drug-likeness (QED) is 0.799. The highest BCUT2D eigenvalue weighted by Crippen LogP contribution is 2.33. The molecule has 0 atom stereocenters. The van der Waals surface area contributed by atoms with E-state index in [0.29, 0.717) is 43.7 Å². The number of amides is 2. The second-order valence-corrected chi connectivity index (χ2v) is 7.77. The minimum Gasteiger partial charge on any atom is -0.363 e. The maximum Gasteiger partial charge on any atom is 0.253 e. The predicted octanol–water partition coefficient (Wildman–Crippen LogP) is 3.43. The molecule has 4 rings (SSSR count). The molecule has 2 aromatic carbocycles. The van der Waals surface area contributed by atoms with Crippen LogP contribution in [0.5, 0.6) is 0 Å². The third-order valence-corrected chi connectivity index (χ3v) is 5.96. The van der Waals surface area contributed by atoms with Crippen molar-refractivity contribution in [2.75, 3.05) is 31.1 Å². The minimum absolute atomic E-state index is 0.00377. The number of hydrogen-bond donors (Lipinski definition) is 0. The first kappa shape index (κ1) is 19.6. The molecule has 0 bridgehead atoms. The Bertz CT molecular complexity index is 887. The van der Waals surface area contributed by atoms with E-state index in [2.05, 4.69) is 6.92 Å². The van der Waals surface area contributed by atoms with E-state index < -0.39 is 5.60 Å². The summed E-state index contributed by atoms with van der Waals surface area (Å²) in [4.78, 5) is 28.7. The Kier molecular flexibility index (Phi) is 5.37. The second-order valence-electron chi connectivity index (χ2n) is 7.77. The zero-order valence-corrected chi connectivity index (χ0v) is 16.6. The molecule has 0 N–H and O–H groups in total. The molecule has 2 amide bonds. The number of carbonyl (C=O) groups is 2. The summed E-state index contributed by atoms with van der Waals surface area (Å²) in [5, 5.41) is 0. The van der Waals surface area contributed by atoms with Gasteiger partial charge in [-0.05, 0) is 61.2 Å². The second kappa shape index (κ2) is 7.95. The number of anilines is 1. The van der Waals surface area contributed by atoms with Crippen molar-refractivity contribution in [1.82, 2.24) is 4.90 Å². The Morgan fingerprint density at radius 2 is 1.72 bits per heavy atom. The van der Waals surface area contributed by atoms with Gasteiger partial charge in [0.25, 0.3) is 11.8 Å². The van der Waals surface area contributed by atoms with Gasteiger partial charge < -0.3 is 14.5 Å². The molecule has 0 aromatic heterocycles. The molecule has 0 unspecified atom stereocenters. The van der Waals surface area contributed by atoms with Crippen molar-refractivity contribution in [2.24, 2.45) is 0 Å². The number of hydrogen-bond acceptors (Lipinski definition) is 3. The summed E-state index contributed by atoms with van der Waals surface area (Å²) in [6.45, 7) is 3.68. The number of benzene rings is 2. The minimum atomic E-state index is -0.467. The van der Waals surface area contributed by atoms with E-state index in [1.54, 1.807) is 17.0 Å². The van der Waals surface area contributed by atoms with Crippen LogP contribution in [-0.4, -0.2) is 48.6 Å². The molecule has 1 spiro atoms. The van der Waals surface area contributed by atoms with Crippen LogP contribution in [0.4, 0.5) is 10.1 Å². The van der Waals surface area contributed by atoms with Crippen molar-refractivity contribution in [3.05, 3.63) is 65.5 Å². The molecule has 0 radical (unpaired) electrons. The molecular weight excluding hydrogens is 371 g/mol. The summed E-state index contributed by atoms with van der Waals surface area (Å²) < 4.78 is 19.2. The van der Waals surface area contributed by atoms with Gasteiger partial charge in [0.2, 0.25) is 0 Å². The number of rotatable bonds is 3. The molecule has 2 saturated heterocycles.